The molecule has 2 unspecified atom stereocenters. The summed E-state index contributed by atoms with van der Waals surface area (Å²) in [4.78, 5) is 14.6. The lowest BCUT2D eigenvalue weighted by molar-refractivity contribution is 0.0603. The van der Waals surface area contributed by atoms with Crippen molar-refractivity contribution in [3.63, 3.8) is 0 Å². The van der Waals surface area contributed by atoms with E-state index in [1.54, 1.807) is 26.0 Å². The molecule has 6 nitrogen and oxygen atoms in total. The Bertz CT molecular complexity index is 662. The minimum absolute atomic E-state index is 0. The Morgan fingerprint density at radius 2 is 1.83 bits per heavy atom. The third-order valence-corrected chi connectivity index (χ3v) is 5.77. The Hall–Kier alpha value is -1.15. The number of amides is 1. The van der Waals surface area contributed by atoms with Crippen LogP contribution in [0.4, 0.5) is 0 Å². The fraction of sp³-hybridized carbons (Fsp3) is 0.562. The molecule has 1 heterocycles. The first-order valence-electron chi connectivity index (χ1n) is 7.89. The summed E-state index contributed by atoms with van der Waals surface area (Å²) in [5.41, 5.74) is 0.509. The van der Waals surface area contributed by atoms with Gasteiger partial charge in [0.25, 0.3) is 5.91 Å². The molecule has 136 valence electrons. The van der Waals surface area contributed by atoms with Crippen LogP contribution in [0, 0.1) is 0 Å². The zero-order valence-corrected chi connectivity index (χ0v) is 16.1. The summed E-state index contributed by atoms with van der Waals surface area (Å²) >= 11 is 0. The van der Waals surface area contributed by atoms with Gasteiger partial charge < -0.3 is 10.2 Å². The molecule has 0 aromatic heterocycles. The number of benzene rings is 1. The zero-order chi connectivity index (χ0) is 17.2. The summed E-state index contributed by atoms with van der Waals surface area (Å²) in [7, 11) is -3.53. The van der Waals surface area contributed by atoms with E-state index in [0.29, 0.717) is 12.1 Å². The van der Waals surface area contributed by atoms with Crippen LogP contribution < -0.4 is 10.0 Å². The summed E-state index contributed by atoms with van der Waals surface area (Å²) in [5.74, 6) is -0.0633. The lowest BCUT2D eigenvalue weighted by Crippen LogP contribution is -2.57. The number of nitrogens with zero attached hydrogens (tertiary/aromatic N) is 1. The predicted molar refractivity (Wildman–Crippen MR) is 97.1 cm³/mol. The molecule has 1 aliphatic heterocycles. The minimum atomic E-state index is -3.53. The van der Waals surface area contributed by atoms with Gasteiger partial charge in [-0.3, -0.25) is 4.79 Å². The number of rotatable bonds is 4. The molecule has 2 rings (SSSR count). The highest BCUT2D eigenvalue weighted by Gasteiger charge is 2.28. The monoisotopic (exact) mass is 375 g/mol. The quantitative estimate of drug-likeness (QED) is 0.838. The van der Waals surface area contributed by atoms with Gasteiger partial charge in [0, 0.05) is 36.8 Å². The fourth-order valence-electron chi connectivity index (χ4n) is 2.66. The molecule has 0 radical (unpaired) electrons. The lowest BCUT2D eigenvalue weighted by Gasteiger charge is -2.38. The van der Waals surface area contributed by atoms with Gasteiger partial charge in [0.2, 0.25) is 10.0 Å². The Kier molecular flexibility index (Phi) is 7.22. The van der Waals surface area contributed by atoms with E-state index < -0.39 is 10.0 Å². The van der Waals surface area contributed by atoms with Gasteiger partial charge in [-0.05, 0) is 52.0 Å². The van der Waals surface area contributed by atoms with Crippen LogP contribution in [0.25, 0.3) is 0 Å². The molecule has 1 aliphatic rings. The van der Waals surface area contributed by atoms with Crippen molar-refractivity contribution in [2.75, 3.05) is 13.1 Å². The summed E-state index contributed by atoms with van der Waals surface area (Å²) in [6, 6.07) is 6.28. The second-order valence-electron chi connectivity index (χ2n) is 6.28. The molecule has 1 saturated heterocycles. The molecule has 24 heavy (non-hydrogen) atoms. The molecule has 1 aromatic rings. The first kappa shape index (κ1) is 20.9. The van der Waals surface area contributed by atoms with Crippen LogP contribution in [0.3, 0.4) is 0 Å². The van der Waals surface area contributed by atoms with Crippen LogP contribution in [-0.2, 0) is 10.0 Å². The maximum atomic E-state index is 12.6. The number of hydrogen-bond acceptors (Lipinski definition) is 4. The Balaban J connectivity index is 0.00000288. The van der Waals surface area contributed by atoms with Crippen molar-refractivity contribution in [1.29, 1.82) is 0 Å². The van der Waals surface area contributed by atoms with Crippen molar-refractivity contribution < 1.29 is 13.2 Å². The lowest BCUT2D eigenvalue weighted by atomic mass is 10.1. The predicted octanol–water partition coefficient (Wildman–Crippen LogP) is 1.62. The molecule has 2 N–H and O–H groups in total. The molecular weight excluding hydrogens is 350 g/mol. The second-order valence-corrected chi connectivity index (χ2v) is 8.00. The van der Waals surface area contributed by atoms with Crippen LogP contribution in [0.1, 0.15) is 38.1 Å². The van der Waals surface area contributed by atoms with Gasteiger partial charge in [-0.1, -0.05) is 0 Å². The van der Waals surface area contributed by atoms with Gasteiger partial charge in [0.15, 0.2) is 0 Å². The standard InChI is InChI=1S/C16H25N3O3S.ClH/c1-11(2)18-23(21,22)15-7-5-14(6-8-15)16(20)19-10-9-17-12(3)13(19)4;/h5-8,11-13,17-18H,9-10H2,1-4H3;1H. The normalized spacial score (nSPS) is 21.5. The van der Waals surface area contributed by atoms with Crippen LogP contribution in [0.15, 0.2) is 29.2 Å². The van der Waals surface area contributed by atoms with Crippen molar-refractivity contribution in [1.82, 2.24) is 14.9 Å². The van der Waals surface area contributed by atoms with Crippen molar-refractivity contribution in [3.05, 3.63) is 29.8 Å². The van der Waals surface area contributed by atoms with Gasteiger partial charge in [0.05, 0.1) is 4.90 Å². The van der Waals surface area contributed by atoms with E-state index in [1.807, 2.05) is 11.8 Å². The largest absolute Gasteiger partial charge is 0.333 e. The number of sulfonamides is 1. The molecule has 1 aromatic carbocycles. The first-order chi connectivity index (χ1) is 10.7. The third kappa shape index (κ3) is 4.69. The van der Waals surface area contributed by atoms with Crippen molar-refractivity contribution >= 4 is 28.3 Å². The maximum absolute atomic E-state index is 12.6. The summed E-state index contributed by atoms with van der Waals surface area (Å²) in [6.45, 7) is 9.02. The third-order valence-electron chi connectivity index (χ3n) is 4.10. The SMILES string of the molecule is CC(C)NS(=O)(=O)c1ccc(C(=O)N2CCNC(C)C2C)cc1.Cl. The van der Waals surface area contributed by atoms with Crippen molar-refractivity contribution in [2.24, 2.45) is 0 Å². The van der Waals surface area contributed by atoms with E-state index in [1.165, 1.54) is 12.1 Å². The highest BCUT2D eigenvalue weighted by molar-refractivity contribution is 7.89. The van der Waals surface area contributed by atoms with Crippen LogP contribution in [0.2, 0.25) is 0 Å². The number of hydrogen-bond donors (Lipinski definition) is 2. The van der Waals surface area contributed by atoms with Crippen molar-refractivity contribution in [3.8, 4) is 0 Å². The Morgan fingerprint density at radius 3 is 2.38 bits per heavy atom. The van der Waals surface area contributed by atoms with E-state index in [9.17, 15) is 13.2 Å². The number of carbonyl (C=O) groups excluding carboxylic acids is 1. The molecule has 1 fully saturated rings. The van der Waals surface area contributed by atoms with Gasteiger partial charge in [0.1, 0.15) is 0 Å². The molecule has 0 saturated carbocycles. The number of carbonyl (C=O) groups is 1. The average molecular weight is 376 g/mol. The second kappa shape index (κ2) is 8.29. The fourth-order valence-corrected chi connectivity index (χ4v) is 3.92. The van der Waals surface area contributed by atoms with E-state index in [4.69, 9.17) is 0 Å². The van der Waals surface area contributed by atoms with Gasteiger partial charge in [-0.25, -0.2) is 13.1 Å². The highest BCUT2D eigenvalue weighted by atomic mass is 35.5. The van der Waals surface area contributed by atoms with Gasteiger partial charge in [-0.2, -0.15) is 0 Å². The van der Waals surface area contributed by atoms with E-state index >= 15 is 0 Å². The minimum Gasteiger partial charge on any atom is -0.333 e. The Morgan fingerprint density at radius 1 is 1.25 bits per heavy atom. The molecule has 0 aliphatic carbocycles. The van der Waals surface area contributed by atoms with Gasteiger partial charge in [-0.15, -0.1) is 12.4 Å². The van der Waals surface area contributed by atoms with Gasteiger partial charge >= 0.3 is 0 Å². The molecule has 0 spiro atoms. The highest BCUT2D eigenvalue weighted by Crippen LogP contribution is 2.16. The number of halogens is 1. The van der Waals surface area contributed by atoms with Crippen LogP contribution >= 0.6 is 12.4 Å². The summed E-state index contributed by atoms with van der Waals surface area (Å²) in [6.07, 6.45) is 0. The van der Waals surface area contributed by atoms with E-state index in [2.05, 4.69) is 17.0 Å². The molecule has 1 amide bonds. The number of piperazine rings is 1. The maximum Gasteiger partial charge on any atom is 0.254 e. The Labute approximate surface area is 150 Å². The average Bonchev–Trinajstić information content (AvgIpc) is 2.48. The molecule has 0 bridgehead atoms. The summed E-state index contributed by atoms with van der Waals surface area (Å²) < 4.78 is 26.7. The van der Waals surface area contributed by atoms with Crippen LogP contribution in [0.5, 0.6) is 0 Å². The smallest absolute Gasteiger partial charge is 0.254 e. The van der Waals surface area contributed by atoms with E-state index in [-0.39, 0.29) is 41.3 Å². The van der Waals surface area contributed by atoms with Crippen molar-refractivity contribution in [2.45, 2.75) is 50.7 Å². The number of nitrogens with one attached hydrogen (secondary N) is 2. The zero-order valence-electron chi connectivity index (χ0n) is 14.4. The summed E-state index contributed by atoms with van der Waals surface area (Å²) in [5, 5.41) is 3.33. The van der Waals surface area contributed by atoms with Crippen LogP contribution in [-0.4, -0.2) is 50.4 Å². The molecular formula is C16H26ClN3O3S. The van der Waals surface area contributed by atoms with E-state index in [0.717, 1.165) is 6.54 Å². The first-order valence-corrected chi connectivity index (χ1v) is 9.37. The molecule has 8 heteroatoms. The topological polar surface area (TPSA) is 78.5 Å². The molecule has 2 atom stereocenters.